The third-order valence-corrected chi connectivity index (χ3v) is 4.97. The van der Waals surface area contributed by atoms with Crippen molar-refractivity contribution in [3.63, 3.8) is 0 Å². The lowest BCUT2D eigenvalue weighted by atomic mass is 10.1. The molecule has 94 valence electrons. The van der Waals surface area contributed by atoms with Gasteiger partial charge in [-0.15, -0.1) is 0 Å². The molecule has 0 fully saturated rings. The Hall–Kier alpha value is -0.350. The summed E-state index contributed by atoms with van der Waals surface area (Å²) in [7, 11) is 0. The standard InChI is InChI=1S/C13H17Br2NO/c1-8-5-4-6-11(12(8)15)13(17)16-10(3)9(2)7-14/h4-6,9-10H,7H2,1-3H3,(H,16,17). The van der Waals surface area contributed by atoms with Gasteiger partial charge >= 0.3 is 0 Å². The molecular weight excluding hydrogens is 346 g/mol. The SMILES string of the molecule is Cc1cccc(C(=O)NC(C)C(C)CBr)c1Br. The molecule has 17 heavy (non-hydrogen) atoms. The van der Waals surface area contributed by atoms with E-state index in [0.717, 1.165) is 15.4 Å². The average Bonchev–Trinajstić information content (AvgIpc) is 2.31. The third-order valence-electron chi connectivity index (χ3n) is 2.89. The predicted octanol–water partition coefficient (Wildman–Crippen LogP) is 3.91. The van der Waals surface area contributed by atoms with E-state index in [4.69, 9.17) is 0 Å². The number of aryl methyl sites for hydroxylation is 1. The highest BCUT2D eigenvalue weighted by molar-refractivity contribution is 9.10. The zero-order valence-electron chi connectivity index (χ0n) is 10.3. The van der Waals surface area contributed by atoms with Gasteiger partial charge in [0.15, 0.2) is 0 Å². The number of nitrogens with one attached hydrogen (secondary N) is 1. The van der Waals surface area contributed by atoms with E-state index >= 15 is 0 Å². The quantitative estimate of drug-likeness (QED) is 0.808. The molecule has 4 heteroatoms. The number of halogens is 2. The van der Waals surface area contributed by atoms with Crippen LogP contribution in [0, 0.1) is 12.8 Å². The van der Waals surface area contributed by atoms with Crippen molar-refractivity contribution in [3.8, 4) is 0 Å². The predicted molar refractivity (Wildman–Crippen MR) is 78.8 cm³/mol. The maximum atomic E-state index is 12.1. The van der Waals surface area contributed by atoms with Crippen LogP contribution in [0.15, 0.2) is 22.7 Å². The second-order valence-electron chi connectivity index (χ2n) is 4.33. The molecule has 2 nitrogen and oxygen atoms in total. The zero-order valence-corrected chi connectivity index (χ0v) is 13.4. The van der Waals surface area contributed by atoms with Crippen molar-refractivity contribution >= 4 is 37.8 Å². The summed E-state index contributed by atoms with van der Waals surface area (Å²) < 4.78 is 0.871. The maximum Gasteiger partial charge on any atom is 0.252 e. The number of benzene rings is 1. The van der Waals surface area contributed by atoms with Gasteiger partial charge in [0.05, 0.1) is 5.56 Å². The largest absolute Gasteiger partial charge is 0.349 e. The van der Waals surface area contributed by atoms with Crippen LogP contribution in [0.4, 0.5) is 0 Å². The Balaban J connectivity index is 2.80. The molecule has 0 heterocycles. The van der Waals surface area contributed by atoms with Crippen LogP contribution >= 0.6 is 31.9 Å². The fourth-order valence-electron chi connectivity index (χ4n) is 1.38. The second-order valence-corrected chi connectivity index (χ2v) is 5.77. The number of hydrogen-bond acceptors (Lipinski definition) is 1. The molecule has 0 saturated carbocycles. The van der Waals surface area contributed by atoms with Crippen molar-refractivity contribution in [2.24, 2.45) is 5.92 Å². The molecule has 0 saturated heterocycles. The summed E-state index contributed by atoms with van der Waals surface area (Å²) >= 11 is 6.88. The van der Waals surface area contributed by atoms with Gasteiger partial charge in [0.2, 0.25) is 0 Å². The van der Waals surface area contributed by atoms with Crippen LogP contribution in [-0.4, -0.2) is 17.3 Å². The van der Waals surface area contributed by atoms with Crippen LogP contribution in [0.25, 0.3) is 0 Å². The number of hydrogen-bond donors (Lipinski definition) is 1. The van der Waals surface area contributed by atoms with Crippen molar-refractivity contribution in [2.45, 2.75) is 26.8 Å². The topological polar surface area (TPSA) is 29.1 Å². The molecule has 1 aromatic rings. The molecule has 2 atom stereocenters. The first-order valence-corrected chi connectivity index (χ1v) is 7.50. The maximum absolute atomic E-state index is 12.1. The van der Waals surface area contributed by atoms with Crippen LogP contribution in [0.3, 0.4) is 0 Å². The van der Waals surface area contributed by atoms with Crippen molar-refractivity contribution < 1.29 is 4.79 Å². The Bertz CT molecular complexity index is 406. The van der Waals surface area contributed by atoms with Gasteiger partial charge in [-0.2, -0.15) is 0 Å². The minimum absolute atomic E-state index is 0.0270. The summed E-state index contributed by atoms with van der Waals surface area (Å²) in [6, 6.07) is 5.85. The molecule has 1 N–H and O–H groups in total. The van der Waals surface area contributed by atoms with E-state index in [1.807, 2.05) is 32.0 Å². The van der Waals surface area contributed by atoms with Gasteiger partial charge in [0, 0.05) is 15.8 Å². The van der Waals surface area contributed by atoms with Crippen molar-refractivity contribution in [1.82, 2.24) is 5.32 Å². The molecule has 0 radical (unpaired) electrons. The Morgan fingerprint density at radius 3 is 2.65 bits per heavy atom. The molecule has 1 amide bonds. The fourth-order valence-corrected chi connectivity index (χ4v) is 2.39. The lowest BCUT2D eigenvalue weighted by molar-refractivity contribution is 0.0930. The third kappa shape index (κ3) is 3.81. The Labute approximate surface area is 119 Å². The van der Waals surface area contributed by atoms with E-state index in [-0.39, 0.29) is 11.9 Å². The molecule has 0 bridgehead atoms. The van der Waals surface area contributed by atoms with E-state index in [9.17, 15) is 4.79 Å². The summed E-state index contributed by atoms with van der Waals surface area (Å²) in [6.45, 7) is 6.10. The highest BCUT2D eigenvalue weighted by Gasteiger charge is 2.17. The summed E-state index contributed by atoms with van der Waals surface area (Å²) in [5.74, 6) is 0.378. The van der Waals surface area contributed by atoms with E-state index < -0.39 is 0 Å². The van der Waals surface area contributed by atoms with Crippen LogP contribution in [0.5, 0.6) is 0 Å². The number of alkyl halides is 1. The number of amides is 1. The van der Waals surface area contributed by atoms with Gasteiger partial charge in [-0.1, -0.05) is 35.0 Å². The van der Waals surface area contributed by atoms with E-state index in [1.165, 1.54) is 0 Å². The zero-order chi connectivity index (χ0) is 13.0. The van der Waals surface area contributed by atoms with E-state index in [0.29, 0.717) is 11.5 Å². The van der Waals surface area contributed by atoms with E-state index in [2.05, 4.69) is 44.1 Å². The normalized spacial score (nSPS) is 14.2. The molecule has 0 aliphatic carbocycles. The molecule has 0 aliphatic heterocycles. The van der Waals surface area contributed by atoms with Gasteiger partial charge < -0.3 is 5.32 Å². The van der Waals surface area contributed by atoms with Gasteiger partial charge in [-0.3, -0.25) is 4.79 Å². The number of rotatable bonds is 4. The molecule has 0 aromatic heterocycles. The Morgan fingerprint density at radius 2 is 2.06 bits per heavy atom. The summed E-state index contributed by atoms with van der Waals surface area (Å²) in [5.41, 5.74) is 1.76. The van der Waals surface area contributed by atoms with Crippen LogP contribution in [-0.2, 0) is 0 Å². The Kier molecular flexibility index (Phi) is 5.67. The molecule has 2 unspecified atom stereocenters. The van der Waals surface area contributed by atoms with Gasteiger partial charge in [0.25, 0.3) is 5.91 Å². The lowest BCUT2D eigenvalue weighted by Crippen LogP contribution is -2.37. The number of carbonyl (C=O) groups excluding carboxylic acids is 1. The molecule has 0 spiro atoms. The highest BCUT2D eigenvalue weighted by Crippen LogP contribution is 2.21. The van der Waals surface area contributed by atoms with Gasteiger partial charge in [-0.25, -0.2) is 0 Å². The summed E-state index contributed by atoms with van der Waals surface area (Å²) in [6.07, 6.45) is 0. The Morgan fingerprint density at radius 1 is 1.41 bits per heavy atom. The van der Waals surface area contributed by atoms with Crippen molar-refractivity contribution in [1.29, 1.82) is 0 Å². The molecule has 1 aromatic carbocycles. The van der Waals surface area contributed by atoms with Crippen molar-refractivity contribution in [3.05, 3.63) is 33.8 Å². The molecule has 0 aliphatic rings. The second kappa shape index (κ2) is 6.55. The minimum Gasteiger partial charge on any atom is -0.349 e. The van der Waals surface area contributed by atoms with Gasteiger partial charge in [-0.05, 0) is 47.3 Å². The molecular formula is C13H17Br2NO. The van der Waals surface area contributed by atoms with Gasteiger partial charge in [0.1, 0.15) is 0 Å². The van der Waals surface area contributed by atoms with Crippen molar-refractivity contribution in [2.75, 3.05) is 5.33 Å². The minimum atomic E-state index is -0.0270. The first-order valence-electron chi connectivity index (χ1n) is 5.59. The molecule has 1 rings (SSSR count). The summed E-state index contributed by atoms with van der Waals surface area (Å²) in [4.78, 5) is 12.1. The first-order chi connectivity index (χ1) is 7.97. The summed E-state index contributed by atoms with van der Waals surface area (Å²) in [5, 5.41) is 3.89. The lowest BCUT2D eigenvalue weighted by Gasteiger charge is -2.19. The smallest absolute Gasteiger partial charge is 0.252 e. The highest BCUT2D eigenvalue weighted by atomic mass is 79.9. The van der Waals surface area contributed by atoms with Crippen LogP contribution in [0.1, 0.15) is 29.8 Å². The average molecular weight is 363 g/mol. The first kappa shape index (κ1) is 14.7. The van der Waals surface area contributed by atoms with Crippen LogP contribution < -0.4 is 5.32 Å². The van der Waals surface area contributed by atoms with E-state index in [1.54, 1.807) is 0 Å². The fraction of sp³-hybridized carbons (Fsp3) is 0.462. The van der Waals surface area contributed by atoms with Crippen LogP contribution in [0.2, 0.25) is 0 Å². The monoisotopic (exact) mass is 361 g/mol. The number of carbonyl (C=O) groups is 1.